The Hall–Kier alpha value is -0.840. The number of hydrogen-bond acceptors (Lipinski definition) is 3. The van der Waals surface area contributed by atoms with Crippen LogP contribution in [0.25, 0.3) is 10.8 Å². The van der Waals surface area contributed by atoms with Crippen LogP contribution in [0.2, 0.25) is 5.02 Å². The van der Waals surface area contributed by atoms with Crippen LogP contribution in [0, 0.1) is 0 Å². The highest BCUT2D eigenvalue weighted by Gasteiger charge is 2.15. The molecule has 5 heteroatoms. The number of rotatable bonds is 1. The van der Waals surface area contributed by atoms with Gasteiger partial charge in [0.2, 0.25) is 0 Å². The molecule has 1 aromatic heterocycles. The van der Waals surface area contributed by atoms with E-state index in [0.29, 0.717) is 20.3 Å². The van der Waals surface area contributed by atoms with Gasteiger partial charge in [-0.15, -0.1) is 0 Å². The Labute approximate surface area is 105 Å². The van der Waals surface area contributed by atoms with Gasteiger partial charge >= 0.3 is 5.63 Å². The van der Waals surface area contributed by atoms with E-state index in [0.717, 1.165) is 0 Å². The normalized spacial score (nSPS) is 13.0. The molecule has 0 bridgehead atoms. The molecule has 2 rings (SSSR count). The van der Waals surface area contributed by atoms with Gasteiger partial charge in [-0.1, -0.05) is 17.7 Å². The number of aliphatic hydroxyl groups excluding tert-OH is 1. The second-order valence-electron chi connectivity index (χ2n) is 3.43. The predicted octanol–water partition coefficient (Wildman–Crippen LogP) is 3.26. The van der Waals surface area contributed by atoms with Crippen LogP contribution in [0.3, 0.4) is 0 Å². The maximum atomic E-state index is 11.7. The Morgan fingerprint density at radius 3 is 2.75 bits per heavy atom. The first-order chi connectivity index (χ1) is 7.50. The Morgan fingerprint density at radius 2 is 2.12 bits per heavy atom. The summed E-state index contributed by atoms with van der Waals surface area (Å²) in [6, 6.07) is 4.93. The summed E-state index contributed by atoms with van der Waals surface area (Å²) in [7, 11) is 0. The van der Waals surface area contributed by atoms with Crippen molar-refractivity contribution >= 4 is 38.3 Å². The van der Waals surface area contributed by atoms with Gasteiger partial charge < -0.3 is 9.52 Å². The molecule has 0 saturated carbocycles. The molecule has 1 atom stereocenters. The van der Waals surface area contributed by atoms with Gasteiger partial charge in [-0.25, -0.2) is 4.79 Å². The summed E-state index contributed by atoms with van der Waals surface area (Å²) in [4.78, 5) is 11.7. The SMILES string of the molecule is CC(O)c1oc(=O)c2cc(Cl)ccc2c1Br. The second kappa shape index (κ2) is 4.20. The molecule has 0 aliphatic carbocycles. The van der Waals surface area contributed by atoms with Crippen LogP contribution in [0.1, 0.15) is 18.8 Å². The van der Waals surface area contributed by atoms with Crippen molar-refractivity contribution < 1.29 is 9.52 Å². The van der Waals surface area contributed by atoms with Crippen LogP contribution in [-0.4, -0.2) is 5.11 Å². The Kier molecular flexibility index (Phi) is 3.06. The Morgan fingerprint density at radius 1 is 1.44 bits per heavy atom. The van der Waals surface area contributed by atoms with Crippen molar-refractivity contribution in [2.45, 2.75) is 13.0 Å². The summed E-state index contributed by atoms with van der Waals surface area (Å²) in [5.74, 6) is 0.222. The first-order valence-electron chi connectivity index (χ1n) is 4.60. The summed E-state index contributed by atoms with van der Waals surface area (Å²) in [6.07, 6.45) is -0.845. The van der Waals surface area contributed by atoms with Gasteiger partial charge in [-0.3, -0.25) is 0 Å². The topological polar surface area (TPSA) is 50.4 Å². The van der Waals surface area contributed by atoms with Gasteiger partial charge in [0.15, 0.2) is 5.76 Å². The van der Waals surface area contributed by atoms with E-state index in [4.69, 9.17) is 16.0 Å². The fraction of sp³-hybridized carbons (Fsp3) is 0.182. The van der Waals surface area contributed by atoms with Gasteiger partial charge in [0.25, 0.3) is 0 Å². The van der Waals surface area contributed by atoms with Crippen molar-refractivity contribution in [2.24, 2.45) is 0 Å². The molecule has 1 aromatic carbocycles. The molecule has 0 spiro atoms. The molecule has 0 aliphatic rings. The van der Waals surface area contributed by atoms with Crippen molar-refractivity contribution in [2.75, 3.05) is 0 Å². The lowest BCUT2D eigenvalue weighted by Gasteiger charge is -2.08. The summed E-state index contributed by atoms with van der Waals surface area (Å²) >= 11 is 9.11. The lowest BCUT2D eigenvalue weighted by Crippen LogP contribution is -2.05. The van der Waals surface area contributed by atoms with Crippen LogP contribution in [0.15, 0.2) is 31.9 Å². The van der Waals surface area contributed by atoms with Crippen LogP contribution >= 0.6 is 27.5 Å². The van der Waals surface area contributed by atoms with E-state index in [-0.39, 0.29) is 5.76 Å². The smallest absolute Gasteiger partial charge is 0.344 e. The molecule has 1 N–H and O–H groups in total. The maximum absolute atomic E-state index is 11.7. The van der Waals surface area contributed by atoms with Crippen molar-refractivity contribution in [1.29, 1.82) is 0 Å². The third-order valence-corrected chi connectivity index (χ3v) is 3.29. The lowest BCUT2D eigenvalue weighted by atomic mass is 10.1. The zero-order valence-corrected chi connectivity index (χ0v) is 10.7. The number of fused-ring (bicyclic) bond motifs is 1. The molecule has 2 aromatic rings. The van der Waals surface area contributed by atoms with Crippen molar-refractivity contribution in [3.05, 3.63) is 43.9 Å². The minimum absolute atomic E-state index is 0.222. The van der Waals surface area contributed by atoms with Crippen LogP contribution in [0.4, 0.5) is 0 Å². The average molecular weight is 304 g/mol. The summed E-state index contributed by atoms with van der Waals surface area (Å²) < 4.78 is 5.60. The van der Waals surface area contributed by atoms with Gasteiger partial charge in [0.05, 0.1) is 9.86 Å². The second-order valence-corrected chi connectivity index (χ2v) is 4.66. The zero-order chi connectivity index (χ0) is 11.9. The summed E-state index contributed by atoms with van der Waals surface area (Å²) in [6.45, 7) is 1.53. The van der Waals surface area contributed by atoms with Gasteiger partial charge in [0.1, 0.15) is 6.10 Å². The van der Waals surface area contributed by atoms with Crippen LogP contribution < -0.4 is 5.63 Å². The van der Waals surface area contributed by atoms with Crippen molar-refractivity contribution in [3.63, 3.8) is 0 Å². The van der Waals surface area contributed by atoms with E-state index >= 15 is 0 Å². The summed E-state index contributed by atoms with van der Waals surface area (Å²) in [5.41, 5.74) is -0.503. The Balaban J connectivity index is 2.90. The predicted molar refractivity (Wildman–Crippen MR) is 65.8 cm³/mol. The third-order valence-electron chi connectivity index (χ3n) is 2.24. The molecule has 0 fully saturated rings. The van der Waals surface area contributed by atoms with Gasteiger partial charge in [-0.05, 0) is 35.0 Å². The van der Waals surface area contributed by atoms with Crippen LogP contribution in [-0.2, 0) is 0 Å². The van der Waals surface area contributed by atoms with E-state index in [1.54, 1.807) is 18.2 Å². The average Bonchev–Trinajstić information content (AvgIpc) is 2.22. The molecule has 1 unspecified atom stereocenters. The fourth-order valence-corrected chi connectivity index (χ4v) is 2.41. The molecule has 0 radical (unpaired) electrons. The largest absolute Gasteiger partial charge is 0.423 e. The lowest BCUT2D eigenvalue weighted by molar-refractivity contribution is 0.163. The Bertz CT molecular complexity index is 604. The fourth-order valence-electron chi connectivity index (χ4n) is 1.48. The van der Waals surface area contributed by atoms with Crippen molar-refractivity contribution in [3.8, 4) is 0 Å². The minimum Gasteiger partial charge on any atom is -0.423 e. The molecule has 0 saturated heterocycles. The van der Waals surface area contributed by atoms with Gasteiger partial charge in [0, 0.05) is 10.4 Å². The quantitative estimate of drug-likeness (QED) is 0.879. The summed E-state index contributed by atoms with van der Waals surface area (Å²) in [5, 5.41) is 11.0. The van der Waals surface area contributed by atoms with E-state index < -0.39 is 11.7 Å². The number of hydrogen-bond donors (Lipinski definition) is 1. The first kappa shape index (κ1) is 11.6. The van der Waals surface area contributed by atoms with Crippen LogP contribution in [0.5, 0.6) is 0 Å². The molecule has 3 nitrogen and oxygen atoms in total. The number of aliphatic hydroxyl groups is 1. The monoisotopic (exact) mass is 302 g/mol. The standard InChI is InChI=1S/C11H8BrClO3/c1-5(14)10-9(12)7-3-2-6(13)4-8(7)11(15)16-10/h2-5,14H,1H3. The third kappa shape index (κ3) is 1.88. The molecule has 84 valence electrons. The highest BCUT2D eigenvalue weighted by atomic mass is 79.9. The van der Waals surface area contributed by atoms with Gasteiger partial charge in [-0.2, -0.15) is 0 Å². The number of halogens is 2. The first-order valence-corrected chi connectivity index (χ1v) is 5.77. The highest BCUT2D eigenvalue weighted by Crippen LogP contribution is 2.30. The molecule has 1 heterocycles. The molecule has 16 heavy (non-hydrogen) atoms. The van der Waals surface area contributed by atoms with E-state index in [1.165, 1.54) is 6.92 Å². The minimum atomic E-state index is -0.845. The molecule has 0 amide bonds. The molecular formula is C11H8BrClO3. The van der Waals surface area contributed by atoms with E-state index in [9.17, 15) is 9.90 Å². The zero-order valence-electron chi connectivity index (χ0n) is 8.33. The molecular weight excluding hydrogens is 295 g/mol. The molecule has 0 aliphatic heterocycles. The number of benzene rings is 1. The van der Waals surface area contributed by atoms with E-state index in [1.807, 2.05) is 0 Å². The highest BCUT2D eigenvalue weighted by molar-refractivity contribution is 9.10. The van der Waals surface area contributed by atoms with E-state index in [2.05, 4.69) is 15.9 Å². The maximum Gasteiger partial charge on any atom is 0.344 e. The van der Waals surface area contributed by atoms with Crippen molar-refractivity contribution in [1.82, 2.24) is 0 Å².